The number of halogens is 1. The molecular weight excluding hydrogens is 329 g/mol. The van der Waals surface area contributed by atoms with Gasteiger partial charge in [-0.3, -0.25) is 4.98 Å². The molecule has 0 bridgehead atoms. The zero-order valence-corrected chi connectivity index (χ0v) is 15.0. The first kappa shape index (κ1) is 18.0. The molecule has 0 unspecified atom stereocenters. The molecule has 3 rings (SSSR count). The molecule has 3 aromatic rings. The first-order valence-electron chi connectivity index (χ1n) is 8.59. The highest BCUT2D eigenvalue weighted by Crippen LogP contribution is 2.28. The molecule has 0 saturated carbocycles. The Morgan fingerprint density at radius 2 is 1.77 bits per heavy atom. The summed E-state index contributed by atoms with van der Waals surface area (Å²) in [6.07, 6.45) is 2.65. The largest absolute Gasteiger partial charge is 0.478 e. The third-order valence-corrected chi connectivity index (χ3v) is 3.91. The fourth-order valence-electron chi connectivity index (χ4n) is 2.59. The maximum absolute atomic E-state index is 13.2. The van der Waals surface area contributed by atoms with Gasteiger partial charge in [-0.2, -0.15) is 0 Å². The second-order valence-corrected chi connectivity index (χ2v) is 6.31. The molecule has 5 heteroatoms. The maximum Gasteiger partial charge on any atom is 0.214 e. The van der Waals surface area contributed by atoms with Gasteiger partial charge in [0.25, 0.3) is 0 Å². The zero-order chi connectivity index (χ0) is 18.4. The van der Waals surface area contributed by atoms with Gasteiger partial charge in [-0.05, 0) is 62.0 Å². The molecule has 0 aliphatic rings. The lowest BCUT2D eigenvalue weighted by Gasteiger charge is -2.12. The molecular formula is C21H22FN3O. The Bertz CT molecular complexity index is 836. The SMILES string of the molecule is CN(C)CCCOc1cc(-c2ccc(F)cc2)cc(-c2ccccn2)n1. The predicted molar refractivity (Wildman–Crippen MR) is 102 cm³/mol. The van der Waals surface area contributed by atoms with Crippen LogP contribution in [0, 0.1) is 5.82 Å². The van der Waals surface area contributed by atoms with Crippen LogP contribution in [0.2, 0.25) is 0 Å². The molecule has 4 nitrogen and oxygen atoms in total. The van der Waals surface area contributed by atoms with Crippen molar-refractivity contribution >= 4 is 0 Å². The van der Waals surface area contributed by atoms with Crippen LogP contribution in [0.4, 0.5) is 4.39 Å². The molecule has 2 aromatic heterocycles. The summed E-state index contributed by atoms with van der Waals surface area (Å²) in [4.78, 5) is 11.1. The lowest BCUT2D eigenvalue weighted by molar-refractivity contribution is 0.273. The lowest BCUT2D eigenvalue weighted by Crippen LogP contribution is -2.15. The Morgan fingerprint density at radius 3 is 2.46 bits per heavy atom. The minimum Gasteiger partial charge on any atom is -0.478 e. The summed E-state index contributed by atoms with van der Waals surface area (Å²) in [7, 11) is 4.07. The van der Waals surface area contributed by atoms with Crippen molar-refractivity contribution in [1.82, 2.24) is 14.9 Å². The van der Waals surface area contributed by atoms with Gasteiger partial charge < -0.3 is 9.64 Å². The van der Waals surface area contributed by atoms with E-state index in [1.807, 2.05) is 44.4 Å². The molecule has 0 fully saturated rings. The highest BCUT2D eigenvalue weighted by molar-refractivity contribution is 5.70. The van der Waals surface area contributed by atoms with Gasteiger partial charge in [0.1, 0.15) is 5.82 Å². The summed E-state index contributed by atoms with van der Waals surface area (Å²) in [5, 5.41) is 0. The third kappa shape index (κ3) is 4.86. The number of hydrogen-bond donors (Lipinski definition) is 0. The van der Waals surface area contributed by atoms with Gasteiger partial charge in [-0.15, -0.1) is 0 Å². The number of pyridine rings is 2. The smallest absolute Gasteiger partial charge is 0.214 e. The van der Waals surface area contributed by atoms with Crippen LogP contribution in [0.25, 0.3) is 22.5 Å². The van der Waals surface area contributed by atoms with Crippen LogP contribution in [0.5, 0.6) is 5.88 Å². The normalized spacial score (nSPS) is 10.9. The average molecular weight is 351 g/mol. The number of nitrogens with zero attached hydrogens (tertiary/aromatic N) is 3. The van der Waals surface area contributed by atoms with E-state index in [4.69, 9.17) is 4.74 Å². The molecule has 2 heterocycles. The van der Waals surface area contributed by atoms with E-state index in [9.17, 15) is 4.39 Å². The number of rotatable bonds is 7. The molecule has 0 saturated heterocycles. The quantitative estimate of drug-likeness (QED) is 0.596. The molecule has 0 spiro atoms. The summed E-state index contributed by atoms with van der Waals surface area (Å²) in [5.41, 5.74) is 3.33. The van der Waals surface area contributed by atoms with Crippen LogP contribution in [-0.4, -0.2) is 42.1 Å². The minimum absolute atomic E-state index is 0.257. The third-order valence-electron chi connectivity index (χ3n) is 3.91. The van der Waals surface area contributed by atoms with Crippen molar-refractivity contribution in [2.24, 2.45) is 0 Å². The van der Waals surface area contributed by atoms with E-state index >= 15 is 0 Å². The van der Waals surface area contributed by atoms with Gasteiger partial charge >= 0.3 is 0 Å². The van der Waals surface area contributed by atoms with Crippen LogP contribution in [-0.2, 0) is 0 Å². The molecule has 0 atom stereocenters. The van der Waals surface area contributed by atoms with Gasteiger partial charge in [-0.1, -0.05) is 18.2 Å². The first-order chi connectivity index (χ1) is 12.6. The highest BCUT2D eigenvalue weighted by atomic mass is 19.1. The van der Waals surface area contributed by atoms with Gasteiger partial charge in [0.05, 0.1) is 18.0 Å². The van der Waals surface area contributed by atoms with Crippen molar-refractivity contribution in [3.8, 4) is 28.4 Å². The molecule has 0 aliphatic carbocycles. The summed E-state index contributed by atoms with van der Waals surface area (Å²) < 4.78 is 19.1. The molecule has 26 heavy (non-hydrogen) atoms. The van der Waals surface area contributed by atoms with Crippen LogP contribution >= 0.6 is 0 Å². The van der Waals surface area contributed by atoms with E-state index in [2.05, 4.69) is 14.9 Å². The fourth-order valence-corrected chi connectivity index (χ4v) is 2.59. The Hall–Kier alpha value is -2.79. The van der Waals surface area contributed by atoms with Crippen molar-refractivity contribution < 1.29 is 9.13 Å². The van der Waals surface area contributed by atoms with E-state index < -0.39 is 0 Å². The highest BCUT2D eigenvalue weighted by Gasteiger charge is 2.09. The van der Waals surface area contributed by atoms with Crippen molar-refractivity contribution in [1.29, 1.82) is 0 Å². The van der Waals surface area contributed by atoms with Crippen molar-refractivity contribution in [3.63, 3.8) is 0 Å². The van der Waals surface area contributed by atoms with E-state index in [-0.39, 0.29) is 5.82 Å². The van der Waals surface area contributed by atoms with Crippen molar-refractivity contribution in [2.75, 3.05) is 27.2 Å². The predicted octanol–water partition coefficient (Wildman–Crippen LogP) is 4.28. The Kier molecular flexibility index (Phi) is 5.92. The summed E-state index contributed by atoms with van der Waals surface area (Å²) in [6.45, 7) is 1.53. The van der Waals surface area contributed by atoms with Gasteiger partial charge in [-0.25, -0.2) is 9.37 Å². The maximum atomic E-state index is 13.2. The van der Waals surface area contributed by atoms with Crippen LogP contribution < -0.4 is 4.74 Å². The number of hydrogen-bond acceptors (Lipinski definition) is 4. The molecule has 0 aliphatic heterocycles. The second kappa shape index (κ2) is 8.54. The number of benzene rings is 1. The average Bonchev–Trinajstić information content (AvgIpc) is 2.66. The monoisotopic (exact) mass is 351 g/mol. The Labute approximate surface area is 153 Å². The Morgan fingerprint density at radius 1 is 0.962 bits per heavy atom. The molecule has 0 N–H and O–H groups in total. The molecule has 0 radical (unpaired) electrons. The van der Waals surface area contributed by atoms with Crippen molar-refractivity contribution in [3.05, 3.63) is 66.6 Å². The zero-order valence-electron chi connectivity index (χ0n) is 15.0. The topological polar surface area (TPSA) is 38.2 Å². The minimum atomic E-state index is -0.257. The van der Waals surface area contributed by atoms with Gasteiger partial charge in [0, 0.05) is 18.8 Å². The van der Waals surface area contributed by atoms with Crippen molar-refractivity contribution in [2.45, 2.75) is 6.42 Å². The summed E-state index contributed by atoms with van der Waals surface area (Å²) in [6, 6.07) is 15.9. The van der Waals surface area contributed by atoms with E-state index in [1.54, 1.807) is 18.3 Å². The first-order valence-corrected chi connectivity index (χ1v) is 8.59. The summed E-state index contributed by atoms with van der Waals surface area (Å²) in [5.74, 6) is 0.291. The van der Waals surface area contributed by atoms with E-state index in [1.165, 1.54) is 12.1 Å². The molecule has 1 aromatic carbocycles. The van der Waals surface area contributed by atoms with Crippen LogP contribution in [0.3, 0.4) is 0 Å². The fraction of sp³-hybridized carbons (Fsp3) is 0.238. The Balaban J connectivity index is 1.90. The van der Waals surface area contributed by atoms with Crippen LogP contribution in [0.15, 0.2) is 60.8 Å². The van der Waals surface area contributed by atoms with Gasteiger partial charge in [0.2, 0.25) is 5.88 Å². The molecule has 134 valence electrons. The van der Waals surface area contributed by atoms with E-state index in [0.29, 0.717) is 12.5 Å². The number of ether oxygens (including phenoxy) is 1. The molecule has 0 amide bonds. The summed E-state index contributed by atoms with van der Waals surface area (Å²) >= 11 is 0. The van der Waals surface area contributed by atoms with Gasteiger partial charge in [0.15, 0.2) is 0 Å². The second-order valence-electron chi connectivity index (χ2n) is 6.31. The standard InChI is InChI=1S/C21H22FN3O/c1-25(2)12-5-13-26-21-15-17(16-7-9-18(22)10-8-16)14-20(24-21)19-6-3-4-11-23-19/h3-4,6-11,14-15H,5,12-13H2,1-2H3. The van der Waals surface area contributed by atoms with E-state index in [0.717, 1.165) is 35.5 Å². The number of aromatic nitrogens is 2. The van der Waals surface area contributed by atoms with Crippen LogP contribution in [0.1, 0.15) is 6.42 Å². The lowest BCUT2D eigenvalue weighted by atomic mass is 10.0.